The summed E-state index contributed by atoms with van der Waals surface area (Å²) >= 11 is 12.6. The van der Waals surface area contributed by atoms with Crippen molar-refractivity contribution in [2.24, 2.45) is 0 Å². The maximum atomic E-state index is 12.9. The first kappa shape index (κ1) is 20.9. The summed E-state index contributed by atoms with van der Waals surface area (Å²) in [6.45, 7) is 1.62. The van der Waals surface area contributed by atoms with E-state index in [-0.39, 0.29) is 39.3 Å². The molecule has 0 unspecified atom stereocenters. The van der Waals surface area contributed by atoms with Gasteiger partial charge in [-0.05, 0) is 24.6 Å². The van der Waals surface area contributed by atoms with Gasteiger partial charge in [0.05, 0.1) is 27.7 Å². The van der Waals surface area contributed by atoms with Crippen LogP contribution in [0.25, 0.3) is 10.7 Å². The van der Waals surface area contributed by atoms with Gasteiger partial charge in [-0.1, -0.05) is 35.3 Å². The Morgan fingerprint density at radius 3 is 2.54 bits per heavy atom. The number of hydrogen-bond donors (Lipinski definition) is 1. The number of aromatic nitrogens is 1. The summed E-state index contributed by atoms with van der Waals surface area (Å²) in [7, 11) is -7.69. The van der Waals surface area contributed by atoms with Gasteiger partial charge >= 0.3 is 0 Å². The van der Waals surface area contributed by atoms with Crippen LogP contribution in [-0.2, 0) is 25.6 Å². The number of benzene rings is 1. The zero-order chi connectivity index (χ0) is 20.9. The lowest BCUT2D eigenvalue weighted by Crippen LogP contribution is -2.30. The van der Waals surface area contributed by atoms with E-state index < -0.39 is 30.5 Å². The van der Waals surface area contributed by atoms with Gasteiger partial charge in [0.2, 0.25) is 10.0 Å². The van der Waals surface area contributed by atoms with Crippen molar-refractivity contribution in [2.45, 2.75) is 12.7 Å². The molecule has 2 aromatic rings. The van der Waals surface area contributed by atoms with Crippen molar-refractivity contribution in [3.05, 3.63) is 57.3 Å². The van der Waals surface area contributed by atoms with Crippen molar-refractivity contribution < 1.29 is 21.9 Å². The highest BCUT2D eigenvalue weighted by Crippen LogP contribution is 2.45. The van der Waals surface area contributed by atoms with Crippen LogP contribution in [0.5, 0.6) is 0 Å². The van der Waals surface area contributed by atoms with Gasteiger partial charge < -0.3 is 5.11 Å². The minimum absolute atomic E-state index is 0.0316. The first-order valence-electron chi connectivity index (χ1n) is 8.05. The van der Waals surface area contributed by atoms with Crippen LogP contribution >= 0.6 is 23.2 Å². The lowest BCUT2D eigenvalue weighted by molar-refractivity contribution is 0.508. The summed E-state index contributed by atoms with van der Waals surface area (Å²) in [5.74, 6) is -0.910. The van der Waals surface area contributed by atoms with Crippen molar-refractivity contribution in [3.8, 4) is 0 Å². The Balaban J connectivity index is 2.35. The van der Waals surface area contributed by atoms with Crippen molar-refractivity contribution in [3.63, 3.8) is 0 Å². The standard InChI is InChI=1S/C17H16Cl2N2O5S2/c1-3-21(27(2,23)24)15-12(18)7-6-11(13(15)19)17-16(22)14-10(5-4-8-20-14)9-28(17,25)26/h4-8,22H,3,9H2,1-2H3. The summed E-state index contributed by atoms with van der Waals surface area (Å²) < 4.78 is 51.0. The normalized spacial score (nSPS) is 16.0. The van der Waals surface area contributed by atoms with Crippen LogP contribution in [0.2, 0.25) is 10.0 Å². The molecule has 1 aromatic carbocycles. The summed E-state index contributed by atoms with van der Waals surface area (Å²) in [4.78, 5) is 3.64. The highest BCUT2D eigenvalue weighted by molar-refractivity contribution is 8.00. The van der Waals surface area contributed by atoms with Crippen LogP contribution in [0.1, 0.15) is 23.7 Å². The Morgan fingerprint density at radius 1 is 1.25 bits per heavy atom. The number of fused-ring (bicyclic) bond motifs is 1. The zero-order valence-electron chi connectivity index (χ0n) is 14.8. The molecule has 2 heterocycles. The average molecular weight is 463 g/mol. The molecule has 0 amide bonds. The van der Waals surface area contributed by atoms with Crippen molar-refractivity contribution >= 4 is 59.4 Å². The fourth-order valence-electron chi connectivity index (χ4n) is 3.10. The van der Waals surface area contributed by atoms with Crippen LogP contribution < -0.4 is 4.31 Å². The van der Waals surface area contributed by atoms with Crippen LogP contribution in [-0.4, -0.2) is 39.7 Å². The molecule has 0 radical (unpaired) electrons. The molecule has 150 valence electrons. The van der Waals surface area contributed by atoms with Gasteiger partial charge in [0.1, 0.15) is 10.6 Å². The maximum absolute atomic E-state index is 12.9. The largest absolute Gasteiger partial charge is 0.504 e. The third kappa shape index (κ3) is 3.47. The van der Waals surface area contributed by atoms with Gasteiger partial charge in [0.15, 0.2) is 15.6 Å². The molecule has 0 bridgehead atoms. The number of rotatable bonds is 4. The molecule has 1 N–H and O–H groups in total. The number of hydrogen-bond acceptors (Lipinski definition) is 6. The van der Waals surface area contributed by atoms with E-state index in [1.807, 2.05) is 0 Å². The zero-order valence-corrected chi connectivity index (χ0v) is 18.0. The third-order valence-corrected chi connectivity index (χ3v) is 7.89. The minimum atomic E-state index is -3.97. The van der Waals surface area contributed by atoms with E-state index >= 15 is 0 Å². The number of aliphatic hydroxyl groups excluding tert-OH is 1. The fourth-order valence-corrected chi connectivity index (χ4v) is 6.60. The van der Waals surface area contributed by atoms with E-state index in [1.165, 1.54) is 18.3 Å². The fraction of sp³-hybridized carbons (Fsp3) is 0.235. The quantitative estimate of drug-likeness (QED) is 0.745. The number of nitrogens with zero attached hydrogens (tertiary/aromatic N) is 2. The Labute approximate surface area is 173 Å². The molecular formula is C17H16Cl2N2O5S2. The number of anilines is 1. The van der Waals surface area contributed by atoms with Crippen molar-refractivity contribution in [2.75, 3.05) is 17.1 Å². The highest BCUT2D eigenvalue weighted by Gasteiger charge is 2.35. The van der Waals surface area contributed by atoms with Crippen LogP contribution in [0.3, 0.4) is 0 Å². The SMILES string of the molecule is CCN(c1c(Cl)ccc(C2=C(O)c3ncccc3CS2(=O)=O)c1Cl)S(C)(=O)=O. The molecule has 0 aliphatic carbocycles. The lowest BCUT2D eigenvalue weighted by atomic mass is 10.1. The van der Waals surface area contributed by atoms with Gasteiger partial charge in [0.25, 0.3) is 0 Å². The summed E-state index contributed by atoms with van der Waals surface area (Å²) in [5.41, 5.74) is 0.404. The number of sulfonamides is 1. The van der Waals surface area contributed by atoms with Gasteiger partial charge in [-0.2, -0.15) is 0 Å². The van der Waals surface area contributed by atoms with Crippen molar-refractivity contribution in [1.82, 2.24) is 4.98 Å². The second-order valence-corrected chi connectivity index (χ2v) is 10.8. The highest BCUT2D eigenvalue weighted by atomic mass is 35.5. The molecule has 28 heavy (non-hydrogen) atoms. The molecule has 1 aromatic heterocycles. The van der Waals surface area contributed by atoms with E-state index in [0.29, 0.717) is 5.56 Å². The third-order valence-electron chi connectivity index (χ3n) is 4.24. The number of aliphatic hydroxyl groups is 1. The molecule has 3 rings (SSSR count). The topological polar surface area (TPSA) is 105 Å². The smallest absolute Gasteiger partial charge is 0.232 e. The first-order chi connectivity index (χ1) is 13.0. The molecule has 1 aliphatic heterocycles. The second kappa shape index (κ2) is 7.22. The van der Waals surface area contributed by atoms with Crippen LogP contribution in [0.4, 0.5) is 5.69 Å². The molecule has 0 saturated heterocycles. The summed E-state index contributed by atoms with van der Waals surface area (Å²) in [6, 6.07) is 5.81. The van der Waals surface area contributed by atoms with Gasteiger partial charge in [-0.25, -0.2) is 16.8 Å². The molecular weight excluding hydrogens is 447 g/mol. The maximum Gasteiger partial charge on any atom is 0.232 e. The predicted molar refractivity (Wildman–Crippen MR) is 111 cm³/mol. The minimum Gasteiger partial charge on any atom is -0.504 e. The molecule has 7 nitrogen and oxygen atoms in total. The second-order valence-electron chi connectivity index (χ2n) is 6.13. The Kier molecular flexibility index (Phi) is 5.39. The van der Waals surface area contributed by atoms with Crippen LogP contribution in [0.15, 0.2) is 30.5 Å². The average Bonchev–Trinajstić information content (AvgIpc) is 2.58. The Morgan fingerprint density at radius 2 is 1.93 bits per heavy atom. The van der Waals surface area contributed by atoms with E-state index in [2.05, 4.69) is 4.98 Å². The van der Waals surface area contributed by atoms with Gasteiger partial charge in [0, 0.05) is 18.3 Å². The summed E-state index contributed by atoms with van der Waals surface area (Å²) in [5, 5.41) is 10.5. The number of pyridine rings is 1. The van der Waals surface area contributed by atoms with Gasteiger partial charge in [-0.15, -0.1) is 0 Å². The number of sulfone groups is 1. The van der Waals surface area contributed by atoms with Gasteiger partial charge in [-0.3, -0.25) is 9.29 Å². The van der Waals surface area contributed by atoms with Crippen LogP contribution in [0, 0.1) is 0 Å². The lowest BCUT2D eigenvalue weighted by Gasteiger charge is -2.25. The van der Waals surface area contributed by atoms with E-state index in [1.54, 1.807) is 19.1 Å². The molecule has 0 fully saturated rings. The van der Waals surface area contributed by atoms with E-state index in [9.17, 15) is 21.9 Å². The predicted octanol–water partition coefficient (Wildman–Crippen LogP) is 3.49. The molecule has 0 spiro atoms. The van der Waals surface area contributed by atoms with Crippen molar-refractivity contribution in [1.29, 1.82) is 0 Å². The number of halogens is 2. The molecule has 0 atom stereocenters. The van der Waals surface area contributed by atoms with E-state index in [4.69, 9.17) is 23.2 Å². The Hall–Kier alpha value is -1.81. The molecule has 0 saturated carbocycles. The monoisotopic (exact) mass is 462 g/mol. The molecule has 11 heteroatoms. The van der Waals surface area contributed by atoms with E-state index in [0.717, 1.165) is 10.6 Å². The Bertz CT molecular complexity index is 1210. The molecule has 1 aliphatic rings. The first-order valence-corrected chi connectivity index (χ1v) is 12.3. The summed E-state index contributed by atoms with van der Waals surface area (Å²) in [6.07, 6.45) is 2.42.